The minimum atomic E-state index is -4.73. The van der Waals surface area contributed by atoms with E-state index >= 15 is 0 Å². The third kappa shape index (κ3) is 4.48. The SMILES string of the molecule is CCN(CC)CC.On1c(C(F)(F)F)nc2ncc(Cl)cc21. The molecule has 0 amide bonds. The van der Waals surface area contributed by atoms with Crippen molar-refractivity contribution in [3.05, 3.63) is 23.1 Å². The van der Waals surface area contributed by atoms with Gasteiger partial charge in [-0.05, 0) is 25.7 Å². The molecule has 0 bridgehead atoms. The van der Waals surface area contributed by atoms with Crippen LogP contribution in [0.5, 0.6) is 0 Å². The molecule has 5 nitrogen and oxygen atoms in total. The summed E-state index contributed by atoms with van der Waals surface area (Å²) in [5, 5.41) is 9.30. The molecule has 0 saturated carbocycles. The number of hydrogen-bond acceptors (Lipinski definition) is 4. The van der Waals surface area contributed by atoms with E-state index in [1.807, 2.05) is 0 Å². The van der Waals surface area contributed by atoms with Gasteiger partial charge in [0, 0.05) is 6.20 Å². The fraction of sp³-hybridized carbons (Fsp3) is 0.538. The van der Waals surface area contributed by atoms with E-state index in [1.54, 1.807) is 0 Å². The summed E-state index contributed by atoms with van der Waals surface area (Å²) in [4.78, 5) is 9.07. The highest BCUT2D eigenvalue weighted by molar-refractivity contribution is 6.31. The summed E-state index contributed by atoms with van der Waals surface area (Å²) in [5.74, 6) is -1.42. The van der Waals surface area contributed by atoms with E-state index < -0.39 is 12.0 Å². The van der Waals surface area contributed by atoms with Crippen molar-refractivity contribution < 1.29 is 18.4 Å². The molecule has 0 spiro atoms. The molecule has 1 N–H and O–H groups in total. The second kappa shape index (κ2) is 7.64. The number of hydrogen-bond donors (Lipinski definition) is 1. The first-order valence-electron chi connectivity index (χ1n) is 6.77. The van der Waals surface area contributed by atoms with Crippen molar-refractivity contribution in [2.24, 2.45) is 0 Å². The second-order valence-corrected chi connectivity index (χ2v) is 4.80. The summed E-state index contributed by atoms with van der Waals surface area (Å²) in [7, 11) is 0. The lowest BCUT2D eigenvalue weighted by atomic mass is 10.4. The summed E-state index contributed by atoms with van der Waals surface area (Å²) in [6.07, 6.45) is -3.58. The Labute approximate surface area is 131 Å². The predicted octanol–water partition coefficient (Wildman–Crippen LogP) is 3.69. The zero-order valence-corrected chi connectivity index (χ0v) is 13.3. The van der Waals surface area contributed by atoms with Crippen molar-refractivity contribution in [3.63, 3.8) is 0 Å². The first-order valence-corrected chi connectivity index (χ1v) is 7.15. The van der Waals surface area contributed by atoms with Gasteiger partial charge in [0.1, 0.15) is 5.52 Å². The third-order valence-electron chi connectivity index (χ3n) is 3.05. The third-order valence-corrected chi connectivity index (χ3v) is 3.26. The van der Waals surface area contributed by atoms with Gasteiger partial charge in [0.15, 0.2) is 5.65 Å². The molecule has 0 aromatic carbocycles. The Balaban J connectivity index is 0.000000295. The van der Waals surface area contributed by atoms with Crippen LogP contribution < -0.4 is 0 Å². The fourth-order valence-electron chi connectivity index (χ4n) is 1.78. The predicted molar refractivity (Wildman–Crippen MR) is 78.2 cm³/mol. The Morgan fingerprint density at radius 2 is 1.77 bits per heavy atom. The minimum absolute atomic E-state index is 0.0752. The fourth-order valence-corrected chi connectivity index (χ4v) is 1.93. The molecule has 2 aromatic rings. The van der Waals surface area contributed by atoms with Gasteiger partial charge in [-0.2, -0.15) is 17.9 Å². The standard InChI is InChI=1S/C7H3ClF3N3O.C6H15N/c8-3-1-4-5(12-2-3)13-6(14(4)15)7(9,10)11;1-4-7(5-2)6-3/h1-2,15H;4-6H2,1-3H3. The summed E-state index contributed by atoms with van der Waals surface area (Å²) in [5.41, 5.74) is -0.399. The quantitative estimate of drug-likeness (QED) is 0.867. The molecule has 0 aliphatic rings. The van der Waals surface area contributed by atoms with Crippen molar-refractivity contribution in [2.75, 3.05) is 19.6 Å². The highest BCUT2D eigenvalue weighted by Crippen LogP contribution is 2.30. The number of fused-ring (bicyclic) bond motifs is 1. The van der Waals surface area contributed by atoms with Crippen molar-refractivity contribution in [3.8, 4) is 0 Å². The lowest BCUT2D eigenvalue weighted by molar-refractivity contribution is -0.153. The second-order valence-electron chi connectivity index (χ2n) is 4.36. The van der Waals surface area contributed by atoms with Gasteiger partial charge in [-0.25, -0.2) is 9.97 Å². The van der Waals surface area contributed by atoms with E-state index in [0.29, 0.717) is 0 Å². The average Bonchev–Trinajstić information content (AvgIpc) is 2.79. The maximum atomic E-state index is 12.3. The van der Waals surface area contributed by atoms with E-state index in [2.05, 4.69) is 35.6 Å². The summed E-state index contributed by atoms with van der Waals surface area (Å²) in [6, 6.07) is 1.14. The molecule has 0 radical (unpaired) electrons. The number of halogens is 4. The first-order chi connectivity index (χ1) is 10.2. The topological polar surface area (TPSA) is 54.2 Å². The van der Waals surface area contributed by atoms with Crippen LogP contribution in [0.15, 0.2) is 12.3 Å². The van der Waals surface area contributed by atoms with Crippen LogP contribution in [0.25, 0.3) is 11.2 Å². The smallest absolute Gasteiger partial charge is 0.426 e. The zero-order valence-electron chi connectivity index (χ0n) is 12.5. The molecule has 22 heavy (non-hydrogen) atoms. The normalized spacial score (nSPS) is 11.6. The highest BCUT2D eigenvalue weighted by atomic mass is 35.5. The number of rotatable bonds is 3. The Kier molecular flexibility index (Phi) is 6.43. The van der Waals surface area contributed by atoms with Crippen molar-refractivity contribution >= 4 is 22.8 Å². The molecule has 0 aliphatic heterocycles. The lowest BCUT2D eigenvalue weighted by Crippen LogP contribution is -2.21. The highest BCUT2D eigenvalue weighted by Gasteiger charge is 2.38. The average molecular weight is 339 g/mol. The van der Waals surface area contributed by atoms with E-state index in [-0.39, 0.29) is 20.9 Å². The van der Waals surface area contributed by atoms with Crippen LogP contribution in [0.1, 0.15) is 26.6 Å². The van der Waals surface area contributed by atoms with E-state index in [9.17, 15) is 18.4 Å². The molecule has 0 fully saturated rings. The van der Waals surface area contributed by atoms with Crippen LogP contribution in [0, 0.1) is 0 Å². The molecule has 9 heteroatoms. The Morgan fingerprint density at radius 1 is 1.23 bits per heavy atom. The molecule has 2 aromatic heterocycles. The van der Waals surface area contributed by atoms with E-state index in [4.69, 9.17) is 11.6 Å². The maximum absolute atomic E-state index is 12.3. The van der Waals surface area contributed by atoms with Crippen LogP contribution in [-0.2, 0) is 6.18 Å². The van der Waals surface area contributed by atoms with Gasteiger partial charge in [0.05, 0.1) is 5.02 Å². The minimum Gasteiger partial charge on any atom is -0.426 e. The monoisotopic (exact) mass is 338 g/mol. The summed E-state index contributed by atoms with van der Waals surface area (Å²) >= 11 is 5.52. The van der Waals surface area contributed by atoms with Crippen LogP contribution in [0.2, 0.25) is 5.02 Å². The van der Waals surface area contributed by atoms with Gasteiger partial charge in [-0.15, -0.1) is 0 Å². The van der Waals surface area contributed by atoms with Gasteiger partial charge in [0.25, 0.3) is 5.82 Å². The Bertz CT molecular complexity index is 606. The lowest BCUT2D eigenvalue weighted by Gasteiger charge is -2.13. The molecule has 2 rings (SSSR count). The zero-order chi connectivity index (χ0) is 16.9. The van der Waals surface area contributed by atoms with Gasteiger partial charge in [-0.1, -0.05) is 32.4 Å². The number of imidazole rings is 1. The molecule has 0 unspecified atom stereocenters. The molecular weight excluding hydrogens is 321 g/mol. The molecule has 0 saturated heterocycles. The molecule has 124 valence electrons. The number of pyridine rings is 1. The van der Waals surface area contributed by atoms with Crippen molar-refractivity contribution in [1.82, 2.24) is 19.6 Å². The van der Waals surface area contributed by atoms with Gasteiger partial charge in [-0.3, -0.25) is 0 Å². The molecule has 0 atom stereocenters. The molecule has 0 aliphatic carbocycles. The molecule has 2 heterocycles. The van der Waals surface area contributed by atoms with Crippen LogP contribution in [0.3, 0.4) is 0 Å². The Morgan fingerprint density at radius 3 is 2.18 bits per heavy atom. The van der Waals surface area contributed by atoms with Crippen LogP contribution >= 0.6 is 11.6 Å². The first kappa shape index (κ1) is 18.5. The maximum Gasteiger partial charge on any atom is 0.453 e. The Hall–Kier alpha value is -1.54. The van der Waals surface area contributed by atoms with Gasteiger partial charge < -0.3 is 10.1 Å². The van der Waals surface area contributed by atoms with Crippen LogP contribution in [-0.4, -0.2) is 44.4 Å². The van der Waals surface area contributed by atoms with Crippen LogP contribution in [0.4, 0.5) is 13.2 Å². The molecular formula is C13H18ClF3N4O. The van der Waals surface area contributed by atoms with Gasteiger partial charge >= 0.3 is 6.18 Å². The number of alkyl halides is 3. The van der Waals surface area contributed by atoms with E-state index in [0.717, 1.165) is 12.3 Å². The van der Waals surface area contributed by atoms with E-state index in [1.165, 1.54) is 19.6 Å². The largest absolute Gasteiger partial charge is 0.453 e. The van der Waals surface area contributed by atoms with Gasteiger partial charge in [0.2, 0.25) is 0 Å². The summed E-state index contributed by atoms with van der Waals surface area (Å²) in [6.45, 7) is 10.1. The summed E-state index contributed by atoms with van der Waals surface area (Å²) < 4.78 is 36.8. The van der Waals surface area contributed by atoms with Crippen molar-refractivity contribution in [1.29, 1.82) is 0 Å². The number of nitrogens with zero attached hydrogens (tertiary/aromatic N) is 4. The van der Waals surface area contributed by atoms with Crippen molar-refractivity contribution in [2.45, 2.75) is 26.9 Å². The number of aromatic nitrogens is 3.